The fraction of sp³-hybridized carbons (Fsp3) is 0.562. The van der Waals surface area contributed by atoms with Gasteiger partial charge in [-0.25, -0.2) is 0 Å². The van der Waals surface area contributed by atoms with Gasteiger partial charge in [0.1, 0.15) is 5.75 Å². The van der Waals surface area contributed by atoms with E-state index in [1.807, 2.05) is 43.0 Å². The van der Waals surface area contributed by atoms with E-state index in [2.05, 4.69) is 0 Å². The lowest BCUT2D eigenvalue weighted by molar-refractivity contribution is -0.137. The van der Waals surface area contributed by atoms with Crippen LogP contribution in [0.25, 0.3) is 0 Å². The second-order valence-electron chi connectivity index (χ2n) is 5.45. The molecule has 0 spiro atoms. The van der Waals surface area contributed by atoms with E-state index in [1.165, 1.54) is 0 Å². The number of carbonyl (C=O) groups excluding carboxylic acids is 1. The summed E-state index contributed by atoms with van der Waals surface area (Å²) in [6.07, 6.45) is 1.28. The van der Waals surface area contributed by atoms with Crippen molar-refractivity contribution in [2.45, 2.75) is 32.8 Å². The van der Waals surface area contributed by atoms with Crippen molar-refractivity contribution in [1.82, 2.24) is 4.90 Å². The maximum Gasteiger partial charge on any atom is 0.263 e. The smallest absolute Gasteiger partial charge is 0.263 e. The molecule has 2 atom stereocenters. The molecule has 0 bridgehead atoms. The largest absolute Gasteiger partial charge is 0.480 e. The zero-order valence-corrected chi connectivity index (χ0v) is 12.3. The number of hydrogen-bond donors (Lipinski definition) is 1. The van der Waals surface area contributed by atoms with Crippen LogP contribution in [0.2, 0.25) is 0 Å². The summed E-state index contributed by atoms with van der Waals surface area (Å²) in [5.41, 5.74) is 6.73. The van der Waals surface area contributed by atoms with Crippen LogP contribution >= 0.6 is 0 Å². The van der Waals surface area contributed by atoms with Gasteiger partial charge in [0, 0.05) is 13.1 Å². The standard InChI is InChI=1S/C16H24N2O2/c1-3-14(20-15-7-5-4-6-12(15)2)16(19)18-9-8-13(10-17)11-18/h4-7,13-14H,3,8-11,17H2,1-2H3. The first-order chi connectivity index (χ1) is 9.65. The number of rotatable bonds is 5. The average molecular weight is 276 g/mol. The first-order valence-electron chi connectivity index (χ1n) is 7.36. The van der Waals surface area contributed by atoms with Gasteiger partial charge in [0.25, 0.3) is 5.91 Å². The van der Waals surface area contributed by atoms with Crippen LogP contribution in [0, 0.1) is 12.8 Å². The molecule has 0 aliphatic carbocycles. The summed E-state index contributed by atoms with van der Waals surface area (Å²) in [6, 6.07) is 7.81. The first-order valence-corrected chi connectivity index (χ1v) is 7.36. The van der Waals surface area contributed by atoms with E-state index in [-0.39, 0.29) is 5.91 Å². The molecule has 0 radical (unpaired) electrons. The molecular weight excluding hydrogens is 252 g/mol. The van der Waals surface area contributed by atoms with Gasteiger partial charge >= 0.3 is 0 Å². The molecule has 2 N–H and O–H groups in total. The minimum atomic E-state index is -0.396. The van der Waals surface area contributed by atoms with Crippen molar-refractivity contribution in [2.75, 3.05) is 19.6 Å². The summed E-state index contributed by atoms with van der Waals surface area (Å²) < 4.78 is 5.92. The van der Waals surface area contributed by atoms with E-state index in [4.69, 9.17) is 10.5 Å². The summed E-state index contributed by atoms with van der Waals surface area (Å²) in [7, 11) is 0. The molecule has 1 heterocycles. The molecule has 20 heavy (non-hydrogen) atoms. The number of carbonyl (C=O) groups is 1. The monoisotopic (exact) mass is 276 g/mol. The molecule has 2 unspecified atom stereocenters. The van der Waals surface area contributed by atoms with E-state index >= 15 is 0 Å². The number of nitrogens with zero attached hydrogens (tertiary/aromatic N) is 1. The molecule has 0 aromatic heterocycles. The number of amides is 1. The fourth-order valence-electron chi connectivity index (χ4n) is 2.58. The lowest BCUT2D eigenvalue weighted by atomic mass is 10.1. The van der Waals surface area contributed by atoms with Crippen LogP contribution in [0.1, 0.15) is 25.3 Å². The Kier molecular flexibility index (Phi) is 5.01. The van der Waals surface area contributed by atoms with E-state index in [9.17, 15) is 4.79 Å². The Balaban J connectivity index is 2.01. The quantitative estimate of drug-likeness (QED) is 0.894. The third-order valence-corrected chi connectivity index (χ3v) is 3.94. The number of para-hydroxylation sites is 1. The summed E-state index contributed by atoms with van der Waals surface area (Å²) >= 11 is 0. The molecule has 1 aromatic rings. The molecule has 1 aromatic carbocycles. The minimum Gasteiger partial charge on any atom is -0.480 e. The second kappa shape index (κ2) is 6.75. The molecule has 1 saturated heterocycles. The molecule has 4 nitrogen and oxygen atoms in total. The van der Waals surface area contributed by atoms with Crippen molar-refractivity contribution in [3.63, 3.8) is 0 Å². The number of likely N-dealkylation sites (tertiary alicyclic amines) is 1. The number of aryl methyl sites for hydroxylation is 1. The Hall–Kier alpha value is -1.55. The highest BCUT2D eigenvalue weighted by atomic mass is 16.5. The van der Waals surface area contributed by atoms with Gasteiger partial charge in [0.05, 0.1) is 0 Å². The van der Waals surface area contributed by atoms with Gasteiger partial charge in [-0.15, -0.1) is 0 Å². The summed E-state index contributed by atoms with van der Waals surface area (Å²) in [5, 5.41) is 0. The van der Waals surface area contributed by atoms with Crippen molar-refractivity contribution in [3.8, 4) is 5.75 Å². The summed E-state index contributed by atoms with van der Waals surface area (Å²) in [5.74, 6) is 1.32. The van der Waals surface area contributed by atoms with Gasteiger partial charge in [0.15, 0.2) is 6.10 Å². The normalized spacial score (nSPS) is 19.9. The second-order valence-corrected chi connectivity index (χ2v) is 5.45. The molecule has 1 fully saturated rings. The molecule has 1 amide bonds. The third-order valence-electron chi connectivity index (χ3n) is 3.94. The number of hydrogen-bond acceptors (Lipinski definition) is 3. The lowest BCUT2D eigenvalue weighted by Gasteiger charge is -2.24. The van der Waals surface area contributed by atoms with Gasteiger partial charge < -0.3 is 15.4 Å². The van der Waals surface area contributed by atoms with Gasteiger partial charge in [-0.1, -0.05) is 25.1 Å². The Morgan fingerprint density at radius 3 is 2.85 bits per heavy atom. The fourth-order valence-corrected chi connectivity index (χ4v) is 2.58. The van der Waals surface area contributed by atoms with Gasteiger partial charge in [-0.05, 0) is 43.9 Å². The molecular formula is C16H24N2O2. The molecule has 1 aliphatic heterocycles. The Bertz CT molecular complexity index is 462. The van der Waals surface area contributed by atoms with E-state index in [1.54, 1.807) is 0 Å². The van der Waals surface area contributed by atoms with Crippen LogP contribution < -0.4 is 10.5 Å². The van der Waals surface area contributed by atoms with E-state index in [0.717, 1.165) is 30.8 Å². The topological polar surface area (TPSA) is 55.6 Å². The van der Waals surface area contributed by atoms with Crippen molar-refractivity contribution in [2.24, 2.45) is 11.7 Å². The lowest BCUT2D eigenvalue weighted by Crippen LogP contribution is -2.40. The highest BCUT2D eigenvalue weighted by Crippen LogP contribution is 2.22. The Labute approximate surface area is 120 Å². The van der Waals surface area contributed by atoms with Crippen molar-refractivity contribution in [1.29, 1.82) is 0 Å². The number of ether oxygens (including phenoxy) is 1. The summed E-state index contributed by atoms with van der Waals surface area (Å²) in [4.78, 5) is 14.4. The predicted octanol–water partition coefficient (Wildman–Crippen LogP) is 1.96. The van der Waals surface area contributed by atoms with Gasteiger partial charge in [-0.2, -0.15) is 0 Å². The van der Waals surface area contributed by atoms with Crippen LogP contribution in [0.5, 0.6) is 5.75 Å². The minimum absolute atomic E-state index is 0.0895. The van der Waals surface area contributed by atoms with Crippen LogP contribution in [-0.4, -0.2) is 36.5 Å². The SMILES string of the molecule is CCC(Oc1ccccc1C)C(=O)N1CCC(CN)C1. The molecule has 2 rings (SSSR count). The highest BCUT2D eigenvalue weighted by Gasteiger charge is 2.30. The van der Waals surface area contributed by atoms with Crippen molar-refractivity contribution >= 4 is 5.91 Å². The van der Waals surface area contributed by atoms with Crippen molar-refractivity contribution < 1.29 is 9.53 Å². The third kappa shape index (κ3) is 3.31. The molecule has 0 saturated carbocycles. The predicted molar refractivity (Wildman–Crippen MR) is 79.6 cm³/mol. The van der Waals surface area contributed by atoms with E-state index in [0.29, 0.717) is 18.9 Å². The maximum absolute atomic E-state index is 12.5. The number of benzene rings is 1. The van der Waals surface area contributed by atoms with Crippen LogP contribution in [-0.2, 0) is 4.79 Å². The zero-order valence-electron chi connectivity index (χ0n) is 12.3. The summed E-state index contributed by atoms with van der Waals surface area (Å²) in [6.45, 7) is 6.20. The Morgan fingerprint density at radius 1 is 1.50 bits per heavy atom. The number of nitrogens with two attached hydrogens (primary N) is 1. The van der Waals surface area contributed by atoms with Crippen molar-refractivity contribution in [3.05, 3.63) is 29.8 Å². The van der Waals surface area contributed by atoms with E-state index < -0.39 is 6.10 Å². The van der Waals surface area contributed by atoms with Crippen LogP contribution in [0.15, 0.2) is 24.3 Å². The average Bonchev–Trinajstić information content (AvgIpc) is 2.94. The molecule has 4 heteroatoms. The van der Waals surface area contributed by atoms with Crippen LogP contribution in [0.4, 0.5) is 0 Å². The van der Waals surface area contributed by atoms with Gasteiger partial charge in [0.2, 0.25) is 0 Å². The maximum atomic E-state index is 12.5. The first kappa shape index (κ1) is 14.9. The molecule has 1 aliphatic rings. The Morgan fingerprint density at radius 2 is 2.25 bits per heavy atom. The molecule has 110 valence electrons. The zero-order chi connectivity index (χ0) is 14.5. The van der Waals surface area contributed by atoms with Gasteiger partial charge in [-0.3, -0.25) is 4.79 Å². The van der Waals surface area contributed by atoms with Crippen LogP contribution in [0.3, 0.4) is 0 Å². The highest BCUT2D eigenvalue weighted by molar-refractivity contribution is 5.81.